The third kappa shape index (κ3) is 2.85. The van der Waals surface area contributed by atoms with Crippen molar-refractivity contribution in [2.75, 3.05) is 7.11 Å². The van der Waals surface area contributed by atoms with Gasteiger partial charge in [-0.2, -0.15) is 13.2 Å². The number of nitrogens with zero attached hydrogens (tertiary/aromatic N) is 1. The summed E-state index contributed by atoms with van der Waals surface area (Å²) in [6.07, 6.45) is -5.11. The number of hydrogen-bond acceptors (Lipinski definition) is 4. The summed E-state index contributed by atoms with van der Waals surface area (Å²) in [6.45, 7) is 0. The van der Waals surface area contributed by atoms with Gasteiger partial charge in [-0.15, -0.1) is 0 Å². The molecule has 23 heavy (non-hydrogen) atoms. The highest BCUT2D eigenvalue weighted by molar-refractivity contribution is 5.49. The van der Waals surface area contributed by atoms with Crippen molar-refractivity contribution in [1.29, 1.82) is 0 Å². The molecule has 0 aliphatic carbocycles. The van der Waals surface area contributed by atoms with Crippen molar-refractivity contribution in [2.45, 2.75) is 11.8 Å². The molecule has 1 N–H and O–H groups in total. The lowest BCUT2D eigenvalue weighted by Gasteiger charge is -2.32. The average molecular weight is 327 g/mol. The predicted molar refractivity (Wildman–Crippen MR) is 75.1 cm³/mol. The monoisotopic (exact) mass is 327 g/mol. The molecule has 0 heterocycles. The van der Waals surface area contributed by atoms with Gasteiger partial charge < -0.3 is 9.84 Å². The molecule has 0 aromatic heterocycles. The van der Waals surface area contributed by atoms with Gasteiger partial charge in [0.05, 0.1) is 12.0 Å². The van der Waals surface area contributed by atoms with Gasteiger partial charge in [-0.25, -0.2) is 0 Å². The largest absolute Gasteiger partial charge is 0.496 e. The van der Waals surface area contributed by atoms with Gasteiger partial charge in [0.15, 0.2) is 0 Å². The number of ether oxygens (including phenoxy) is 1. The van der Waals surface area contributed by atoms with Crippen LogP contribution in [-0.4, -0.2) is 23.3 Å². The minimum atomic E-state index is -5.11. The van der Waals surface area contributed by atoms with Gasteiger partial charge in [0.25, 0.3) is 5.69 Å². The molecule has 2 aromatic carbocycles. The number of para-hydroxylation sites is 1. The number of non-ortho nitro benzene ring substituents is 1. The minimum absolute atomic E-state index is 0.182. The Morgan fingerprint density at radius 3 is 2.35 bits per heavy atom. The van der Waals surface area contributed by atoms with Gasteiger partial charge in [-0.1, -0.05) is 30.3 Å². The predicted octanol–water partition coefficient (Wildman–Crippen LogP) is 3.40. The first-order chi connectivity index (χ1) is 10.7. The first-order valence-electron chi connectivity index (χ1n) is 6.39. The summed E-state index contributed by atoms with van der Waals surface area (Å²) in [7, 11) is 1.17. The lowest BCUT2D eigenvalue weighted by molar-refractivity contribution is -0.385. The van der Waals surface area contributed by atoms with Crippen LogP contribution in [0.1, 0.15) is 11.1 Å². The molecule has 122 valence electrons. The van der Waals surface area contributed by atoms with E-state index >= 15 is 0 Å². The highest BCUT2D eigenvalue weighted by atomic mass is 19.4. The van der Waals surface area contributed by atoms with Gasteiger partial charge in [0.2, 0.25) is 5.60 Å². The van der Waals surface area contributed by atoms with Gasteiger partial charge in [0.1, 0.15) is 5.75 Å². The Morgan fingerprint density at radius 1 is 1.13 bits per heavy atom. The van der Waals surface area contributed by atoms with Crippen LogP contribution in [0.5, 0.6) is 5.75 Å². The lowest BCUT2D eigenvalue weighted by Crippen LogP contribution is -2.43. The third-order valence-corrected chi connectivity index (χ3v) is 3.38. The third-order valence-electron chi connectivity index (χ3n) is 3.38. The number of benzene rings is 2. The van der Waals surface area contributed by atoms with E-state index in [0.717, 1.165) is 24.3 Å². The molecule has 1 unspecified atom stereocenters. The standard InChI is InChI=1S/C15H12F3NO4/c1-23-13-8-3-2-7-12(13)14(20,15(16,17)18)10-5-4-6-11(9-10)19(21)22/h2-9,20H,1H3. The SMILES string of the molecule is COc1ccccc1C(O)(c1cccc([N+](=O)[O-])c1)C(F)(F)F. The number of hydrogen-bond donors (Lipinski definition) is 1. The van der Waals surface area contributed by atoms with E-state index in [1.165, 1.54) is 25.3 Å². The van der Waals surface area contributed by atoms with Gasteiger partial charge in [0, 0.05) is 23.3 Å². The Kier molecular flexibility index (Phi) is 4.28. The van der Waals surface area contributed by atoms with Gasteiger partial charge in [-0.05, 0) is 6.07 Å². The summed E-state index contributed by atoms with van der Waals surface area (Å²) in [4.78, 5) is 9.98. The summed E-state index contributed by atoms with van der Waals surface area (Å²) in [6, 6.07) is 8.89. The molecule has 0 aliphatic rings. The highest BCUT2D eigenvalue weighted by Crippen LogP contribution is 2.47. The van der Waals surface area contributed by atoms with Crippen molar-refractivity contribution in [3.63, 3.8) is 0 Å². The zero-order chi connectivity index (χ0) is 17.3. The van der Waals surface area contributed by atoms with Crippen LogP contribution in [0, 0.1) is 10.1 Å². The number of halogens is 3. The molecular formula is C15H12F3NO4. The first-order valence-corrected chi connectivity index (χ1v) is 6.39. The van der Waals surface area contributed by atoms with E-state index in [9.17, 15) is 28.4 Å². The summed E-state index contributed by atoms with van der Waals surface area (Å²) in [5.74, 6) is -0.182. The fourth-order valence-electron chi connectivity index (χ4n) is 2.26. The molecule has 1 atom stereocenters. The highest BCUT2D eigenvalue weighted by Gasteiger charge is 2.57. The minimum Gasteiger partial charge on any atom is -0.496 e. The molecule has 8 heteroatoms. The zero-order valence-electron chi connectivity index (χ0n) is 11.9. The summed E-state index contributed by atoms with van der Waals surface area (Å²) >= 11 is 0. The Bertz CT molecular complexity index is 733. The van der Waals surface area contributed by atoms with Crippen molar-refractivity contribution in [3.8, 4) is 5.75 Å². The van der Waals surface area contributed by atoms with Crippen molar-refractivity contribution in [3.05, 3.63) is 69.8 Å². The summed E-state index contributed by atoms with van der Waals surface area (Å²) in [5.41, 5.74) is -5.20. The van der Waals surface area contributed by atoms with Crippen LogP contribution in [0.25, 0.3) is 0 Å². The molecule has 0 amide bonds. The van der Waals surface area contributed by atoms with E-state index in [-0.39, 0.29) is 5.75 Å². The van der Waals surface area contributed by atoms with Crippen LogP contribution >= 0.6 is 0 Å². The molecule has 0 spiro atoms. The molecule has 0 aliphatic heterocycles. The van der Waals surface area contributed by atoms with Crippen molar-refractivity contribution in [2.24, 2.45) is 0 Å². The van der Waals surface area contributed by atoms with E-state index in [4.69, 9.17) is 4.74 Å². The number of nitro benzene ring substituents is 1. The van der Waals surface area contributed by atoms with Crippen molar-refractivity contribution >= 4 is 5.69 Å². The van der Waals surface area contributed by atoms with Gasteiger partial charge >= 0.3 is 6.18 Å². The lowest BCUT2D eigenvalue weighted by atomic mass is 9.85. The molecule has 0 fully saturated rings. The van der Waals surface area contributed by atoms with Crippen LogP contribution in [0.2, 0.25) is 0 Å². The molecule has 0 radical (unpaired) electrons. The molecule has 2 rings (SSSR count). The number of nitro groups is 1. The van der Waals surface area contributed by atoms with Crippen LogP contribution in [0.3, 0.4) is 0 Å². The number of methoxy groups -OCH3 is 1. The second-order valence-corrected chi connectivity index (χ2v) is 4.72. The van der Waals surface area contributed by atoms with E-state index < -0.39 is 33.5 Å². The topological polar surface area (TPSA) is 72.6 Å². The zero-order valence-corrected chi connectivity index (χ0v) is 11.9. The van der Waals surface area contributed by atoms with Crippen LogP contribution < -0.4 is 4.74 Å². The quantitative estimate of drug-likeness (QED) is 0.690. The Morgan fingerprint density at radius 2 is 1.78 bits per heavy atom. The Hall–Kier alpha value is -2.61. The summed E-state index contributed by atoms with van der Waals surface area (Å²) < 4.78 is 45.8. The maximum absolute atomic E-state index is 13.6. The first kappa shape index (κ1) is 16.8. The average Bonchev–Trinajstić information content (AvgIpc) is 2.53. The number of aliphatic hydroxyl groups is 1. The molecule has 5 nitrogen and oxygen atoms in total. The van der Waals surface area contributed by atoms with Crippen LogP contribution in [-0.2, 0) is 5.60 Å². The van der Waals surface area contributed by atoms with Crippen LogP contribution in [0.4, 0.5) is 18.9 Å². The number of alkyl halides is 3. The maximum atomic E-state index is 13.6. The van der Waals surface area contributed by atoms with Crippen molar-refractivity contribution in [1.82, 2.24) is 0 Å². The normalized spacial score (nSPS) is 14.1. The molecule has 0 saturated carbocycles. The van der Waals surface area contributed by atoms with Gasteiger partial charge in [-0.3, -0.25) is 10.1 Å². The fraction of sp³-hybridized carbons (Fsp3) is 0.200. The molecule has 2 aromatic rings. The molecule has 0 bridgehead atoms. The second-order valence-electron chi connectivity index (χ2n) is 4.72. The van der Waals surface area contributed by atoms with E-state index in [0.29, 0.717) is 6.07 Å². The molecular weight excluding hydrogens is 315 g/mol. The van der Waals surface area contributed by atoms with Crippen LogP contribution in [0.15, 0.2) is 48.5 Å². The molecule has 0 saturated heterocycles. The van der Waals surface area contributed by atoms with E-state index in [1.807, 2.05) is 0 Å². The van der Waals surface area contributed by atoms with Crippen molar-refractivity contribution < 1.29 is 27.9 Å². The second kappa shape index (κ2) is 5.88. The fourth-order valence-corrected chi connectivity index (χ4v) is 2.26. The van der Waals surface area contributed by atoms with E-state index in [1.54, 1.807) is 0 Å². The smallest absolute Gasteiger partial charge is 0.425 e. The number of rotatable bonds is 4. The van der Waals surface area contributed by atoms with E-state index in [2.05, 4.69) is 0 Å². The summed E-state index contributed by atoms with van der Waals surface area (Å²) in [5, 5.41) is 21.3. The Labute approximate surface area is 129 Å². The Balaban J connectivity index is 2.76. The maximum Gasteiger partial charge on any atom is 0.425 e.